The molecule has 1 atom stereocenters. The predicted molar refractivity (Wildman–Crippen MR) is 152 cm³/mol. The summed E-state index contributed by atoms with van der Waals surface area (Å²) in [5.41, 5.74) is 3.92. The van der Waals surface area contributed by atoms with Crippen LogP contribution in [0.2, 0.25) is 0 Å². The summed E-state index contributed by atoms with van der Waals surface area (Å²) >= 11 is 0. The van der Waals surface area contributed by atoms with Crippen LogP contribution >= 0.6 is 0 Å². The summed E-state index contributed by atoms with van der Waals surface area (Å²) in [6, 6.07) is 23.4. The largest absolute Gasteiger partial charge is 0.352 e. The van der Waals surface area contributed by atoms with Gasteiger partial charge in [-0.3, -0.25) is 13.9 Å². The molecular formula is C30H37N3O4S. The number of rotatable bonds is 11. The van der Waals surface area contributed by atoms with E-state index in [1.807, 2.05) is 100 Å². The first-order chi connectivity index (χ1) is 18.0. The molecule has 0 aliphatic rings. The fourth-order valence-corrected chi connectivity index (χ4v) is 5.30. The molecule has 0 fully saturated rings. The molecule has 0 heterocycles. The lowest BCUT2D eigenvalue weighted by molar-refractivity contribution is -0.140. The van der Waals surface area contributed by atoms with Gasteiger partial charge in [0.05, 0.1) is 11.9 Å². The van der Waals surface area contributed by atoms with E-state index in [0.717, 1.165) is 32.8 Å². The van der Waals surface area contributed by atoms with Crippen molar-refractivity contribution in [3.8, 4) is 0 Å². The van der Waals surface area contributed by atoms with Gasteiger partial charge in [0, 0.05) is 19.0 Å². The molecule has 0 aliphatic heterocycles. The fourth-order valence-electron chi connectivity index (χ4n) is 4.39. The third-order valence-corrected chi connectivity index (χ3v) is 7.32. The van der Waals surface area contributed by atoms with E-state index < -0.39 is 28.5 Å². The summed E-state index contributed by atoms with van der Waals surface area (Å²) in [4.78, 5) is 29.0. The van der Waals surface area contributed by atoms with Gasteiger partial charge in [-0.1, -0.05) is 78.4 Å². The van der Waals surface area contributed by atoms with E-state index in [9.17, 15) is 18.0 Å². The second-order valence-corrected chi connectivity index (χ2v) is 11.8. The number of amides is 2. The van der Waals surface area contributed by atoms with E-state index in [4.69, 9.17) is 0 Å². The van der Waals surface area contributed by atoms with Crippen molar-refractivity contribution in [2.24, 2.45) is 0 Å². The fraction of sp³-hybridized carbons (Fsp3) is 0.333. The van der Waals surface area contributed by atoms with Gasteiger partial charge in [0.2, 0.25) is 21.8 Å². The Morgan fingerprint density at radius 3 is 1.97 bits per heavy atom. The maximum absolute atomic E-state index is 14.0. The molecule has 1 N–H and O–H groups in total. The predicted octanol–water partition coefficient (Wildman–Crippen LogP) is 4.23. The number of hydrogen-bond acceptors (Lipinski definition) is 4. The minimum Gasteiger partial charge on any atom is -0.352 e. The average molecular weight is 536 g/mol. The number of benzene rings is 3. The van der Waals surface area contributed by atoms with Crippen molar-refractivity contribution >= 4 is 27.5 Å². The molecule has 7 nitrogen and oxygen atoms in total. The normalized spacial score (nSPS) is 12.2. The number of nitrogens with zero attached hydrogens (tertiary/aromatic N) is 2. The summed E-state index contributed by atoms with van der Waals surface area (Å²) in [6.45, 7) is 7.22. The molecule has 8 heteroatoms. The Morgan fingerprint density at radius 2 is 1.45 bits per heavy atom. The summed E-state index contributed by atoms with van der Waals surface area (Å²) in [6.07, 6.45) is 1.38. The molecule has 3 rings (SSSR count). The van der Waals surface area contributed by atoms with Crippen LogP contribution in [0.15, 0.2) is 78.9 Å². The van der Waals surface area contributed by atoms with E-state index in [-0.39, 0.29) is 18.5 Å². The van der Waals surface area contributed by atoms with Crippen molar-refractivity contribution in [3.05, 3.63) is 101 Å². The highest BCUT2D eigenvalue weighted by Crippen LogP contribution is 2.24. The monoisotopic (exact) mass is 535 g/mol. The van der Waals surface area contributed by atoms with Crippen LogP contribution in [0.1, 0.15) is 36.1 Å². The smallest absolute Gasteiger partial charge is 0.244 e. The van der Waals surface area contributed by atoms with Crippen molar-refractivity contribution < 1.29 is 18.0 Å². The number of hydrogen-bond donors (Lipinski definition) is 1. The highest BCUT2D eigenvalue weighted by atomic mass is 32.2. The zero-order valence-corrected chi connectivity index (χ0v) is 23.5. The summed E-state index contributed by atoms with van der Waals surface area (Å²) in [7, 11) is -3.79. The van der Waals surface area contributed by atoms with Crippen LogP contribution in [0.3, 0.4) is 0 Å². The Balaban J connectivity index is 2.05. The number of anilines is 1. The second-order valence-electron chi connectivity index (χ2n) is 9.94. The van der Waals surface area contributed by atoms with Crippen LogP contribution in [0.5, 0.6) is 0 Å². The van der Waals surface area contributed by atoms with Crippen molar-refractivity contribution in [1.82, 2.24) is 10.2 Å². The molecule has 1 unspecified atom stereocenters. The molecule has 0 spiro atoms. The van der Waals surface area contributed by atoms with Gasteiger partial charge in [0.15, 0.2) is 0 Å². The Labute approximate surface area is 226 Å². The van der Waals surface area contributed by atoms with Gasteiger partial charge < -0.3 is 10.2 Å². The van der Waals surface area contributed by atoms with Crippen molar-refractivity contribution in [2.75, 3.05) is 17.1 Å². The molecule has 0 saturated carbocycles. The van der Waals surface area contributed by atoms with Crippen LogP contribution in [0, 0.1) is 13.8 Å². The van der Waals surface area contributed by atoms with Gasteiger partial charge in [-0.15, -0.1) is 0 Å². The Hall–Kier alpha value is -3.65. The molecule has 0 bridgehead atoms. The summed E-state index contributed by atoms with van der Waals surface area (Å²) in [5, 5.41) is 2.95. The van der Waals surface area contributed by atoms with Crippen LogP contribution in [0.4, 0.5) is 5.69 Å². The highest BCUT2D eigenvalue weighted by Gasteiger charge is 2.33. The quantitative estimate of drug-likeness (QED) is 0.398. The highest BCUT2D eigenvalue weighted by molar-refractivity contribution is 7.92. The van der Waals surface area contributed by atoms with E-state index in [2.05, 4.69) is 5.32 Å². The lowest BCUT2D eigenvalue weighted by Crippen LogP contribution is -2.54. The summed E-state index contributed by atoms with van der Waals surface area (Å²) < 4.78 is 26.9. The molecule has 0 aromatic heterocycles. The first-order valence-electron chi connectivity index (χ1n) is 12.7. The van der Waals surface area contributed by atoms with E-state index in [1.54, 1.807) is 6.07 Å². The van der Waals surface area contributed by atoms with Gasteiger partial charge >= 0.3 is 0 Å². The van der Waals surface area contributed by atoms with Crippen molar-refractivity contribution in [3.63, 3.8) is 0 Å². The summed E-state index contributed by atoms with van der Waals surface area (Å²) in [5.74, 6) is -0.746. The Morgan fingerprint density at radius 1 is 0.868 bits per heavy atom. The minimum atomic E-state index is -3.79. The third kappa shape index (κ3) is 7.92. The zero-order chi connectivity index (χ0) is 27.9. The number of aryl methyl sites for hydroxylation is 2. The lowest BCUT2D eigenvalue weighted by Gasteiger charge is -2.34. The van der Waals surface area contributed by atoms with Crippen LogP contribution in [-0.2, 0) is 32.6 Å². The van der Waals surface area contributed by atoms with E-state index >= 15 is 0 Å². The number of carbonyl (C=O) groups excluding carboxylic acids is 2. The van der Waals surface area contributed by atoms with E-state index in [0.29, 0.717) is 12.1 Å². The van der Waals surface area contributed by atoms with Gasteiger partial charge in [-0.25, -0.2) is 8.42 Å². The SMILES string of the molecule is Cc1ccc(N(CC(=O)N(Cc2ccccc2)C(Cc2ccccc2)C(=O)NC(C)C)S(C)(=O)=O)c(C)c1. The molecular weight excluding hydrogens is 498 g/mol. The standard InChI is InChI=1S/C30H37N3O4S/c1-22(2)31-30(35)28(19-25-12-8-6-9-13-25)32(20-26-14-10-7-11-15-26)29(34)21-33(38(5,36)37)27-17-16-23(3)18-24(27)4/h6-18,22,28H,19-21H2,1-5H3,(H,31,35). The zero-order valence-electron chi connectivity index (χ0n) is 22.7. The topological polar surface area (TPSA) is 86.8 Å². The van der Waals surface area contributed by atoms with Gasteiger partial charge in [-0.2, -0.15) is 0 Å². The molecule has 0 radical (unpaired) electrons. The maximum atomic E-state index is 14.0. The van der Waals surface area contributed by atoms with Crippen LogP contribution < -0.4 is 9.62 Å². The third-order valence-electron chi connectivity index (χ3n) is 6.20. The molecule has 0 aliphatic carbocycles. The van der Waals surface area contributed by atoms with Crippen LogP contribution in [-0.4, -0.2) is 50.0 Å². The van der Waals surface area contributed by atoms with Gasteiger partial charge in [0.1, 0.15) is 12.6 Å². The Bertz CT molecular complexity index is 1340. The number of sulfonamides is 1. The minimum absolute atomic E-state index is 0.128. The molecule has 202 valence electrons. The molecule has 3 aromatic carbocycles. The average Bonchev–Trinajstić information content (AvgIpc) is 2.85. The van der Waals surface area contributed by atoms with Crippen molar-refractivity contribution in [1.29, 1.82) is 0 Å². The van der Waals surface area contributed by atoms with Gasteiger partial charge in [-0.05, 0) is 50.5 Å². The number of carbonyl (C=O) groups is 2. The first-order valence-corrected chi connectivity index (χ1v) is 14.5. The lowest BCUT2D eigenvalue weighted by atomic mass is 10.0. The second kappa shape index (κ2) is 12.7. The Kier molecular flexibility index (Phi) is 9.69. The number of nitrogens with one attached hydrogen (secondary N) is 1. The van der Waals surface area contributed by atoms with Gasteiger partial charge in [0.25, 0.3) is 0 Å². The van der Waals surface area contributed by atoms with Crippen LogP contribution in [0.25, 0.3) is 0 Å². The molecule has 0 saturated heterocycles. The molecule has 2 amide bonds. The van der Waals surface area contributed by atoms with Crippen molar-refractivity contribution in [2.45, 2.75) is 52.7 Å². The van der Waals surface area contributed by atoms with E-state index in [1.165, 1.54) is 4.90 Å². The molecule has 38 heavy (non-hydrogen) atoms. The molecule has 3 aromatic rings. The first kappa shape index (κ1) is 28.9. The maximum Gasteiger partial charge on any atom is 0.244 e.